The van der Waals surface area contributed by atoms with Crippen molar-refractivity contribution in [1.29, 1.82) is 0 Å². The number of ether oxygens (including phenoxy) is 3. The van der Waals surface area contributed by atoms with Crippen LogP contribution in [0.2, 0.25) is 30.1 Å². The summed E-state index contributed by atoms with van der Waals surface area (Å²) >= 11 is 33.9. The Balaban J connectivity index is 0.000000563. The van der Waals surface area contributed by atoms with Crippen molar-refractivity contribution < 1.29 is 43.9 Å². The maximum Gasteiger partial charge on any atom is 0.138 e. The Kier molecular flexibility index (Phi) is 18.6. The molecular formula is C24H15AlCl6O9-3. The van der Waals surface area contributed by atoms with Gasteiger partial charge < -0.3 is 43.9 Å². The summed E-state index contributed by atoms with van der Waals surface area (Å²) in [5, 5.41) is 32.3. The standard InChI is InChI=1S/3C8H6Cl2O3.Al/c3*9-5-1-2-7(6(10)3-5)13-4-8(11)12;/h3*1-3H,4H2,(H,11,12);/p-3. The van der Waals surface area contributed by atoms with E-state index in [1.54, 1.807) is 18.2 Å². The quantitative estimate of drug-likeness (QED) is 0.310. The third kappa shape index (κ3) is 16.1. The number of halogens is 6. The van der Waals surface area contributed by atoms with Gasteiger partial charge in [0, 0.05) is 32.4 Å². The number of carbonyl (C=O) groups excluding carboxylic acids is 3. The van der Waals surface area contributed by atoms with Gasteiger partial charge in [-0.15, -0.1) is 0 Å². The Bertz CT molecular complexity index is 1140. The highest BCUT2D eigenvalue weighted by Gasteiger charge is 2.03. The second-order valence-electron chi connectivity index (χ2n) is 6.71. The van der Waals surface area contributed by atoms with Crippen LogP contribution in [0, 0.1) is 0 Å². The van der Waals surface area contributed by atoms with E-state index in [2.05, 4.69) is 0 Å². The van der Waals surface area contributed by atoms with Crippen molar-refractivity contribution in [2.24, 2.45) is 0 Å². The Morgan fingerprint density at radius 3 is 0.900 bits per heavy atom. The lowest BCUT2D eigenvalue weighted by Crippen LogP contribution is -2.28. The number of rotatable bonds is 9. The zero-order valence-corrected chi connectivity index (χ0v) is 25.5. The molecule has 0 aliphatic rings. The predicted molar refractivity (Wildman–Crippen MR) is 147 cm³/mol. The van der Waals surface area contributed by atoms with Gasteiger partial charge in [-0.3, -0.25) is 0 Å². The average molecular weight is 687 g/mol. The van der Waals surface area contributed by atoms with Gasteiger partial charge in [-0.2, -0.15) is 0 Å². The van der Waals surface area contributed by atoms with Crippen molar-refractivity contribution in [2.45, 2.75) is 0 Å². The smallest absolute Gasteiger partial charge is 0.138 e. The van der Waals surface area contributed by atoms with Crippen LogP contribution in [-0.4, -0.2) is 55.1 Å². The normalized spacial score (nSPS) is 9.45. The molecule has 0 aliphatic heterocycles. The summed E-state index contributed by atoms with van der Waals surface area (Å²) < 4.78 is 14.4. The molecule has 213 valence electrons. The topological polar surface area (TPSA) is 148 Å². The minimum Gasteiger partial charge on any atom is -0.546 e. The van der Waals surface area contributed by atoms with E-state index in [9.17, 15) is 29.7 Å². The number of carboxylic acids is 3. The largest absolute Gasteiger partial charge is 0.546 e. The van der Waals surface area contributed by atoms with Crippen LogP contribution in [0.25, 0.3) is 0 Å². The van der Waals surface area contributed by atoms with Crippen molar-refractivity contribution >= 4 is 105 Å². The maximum atomic E-state index is 10.0. The Morgan fingerprint density at radius 2 is 0.725 bits per heavy atom. The van der Waals surface area contributed by atoms with Crippen LogP contribution in [0.3, 0.4) is 0 Å². The molecule has 3 rings (SSSR count). The molecule has 0 aromatic heterocycles. The first kappa shape index (κ1) is 37.7. The molecule has 0 atom stereocenters. The van der Waals surface area contributed by atoms with E-state index in [-0.39, 0.29) is 49.7 Å². The van der Waals surface area contributed by atoms with Gasteiger partial charge in [0.1, 0.15) is 37.1 Å². The average Bonchev–Trinajstić information content (AvgIpc) is 2.83. The highest BCUT2D eigenvalue weighted by atomic mass is 35.5. The maximum absolute atomic E-state index is 10.0. The molecule has 9 nitrogen and oxygen atoms in total. The fourth-order valence-corrected chi connectivity index (χ4v) is 3.58. The molecule has 0 saturated heterocycles. The van der Waals surface area contributed by atoms with Gasteiger partial charge in [0.15, 0.2) is 0 Å². The summed E-state index contributed by atoms with van der Waals surface area (Å²) in [6, 6.07) is 13.5. The molecule has 40 heavy (non-hydrogen) atoms. The molecule has 0 heterocycles. The fraction of sp³-hybridized carbons (Fsp3) is 0.125. The molecule has 3 aromatic rings. The molecule has 16 heteroatoms. The Hall–Kier alpha value is -2.26. The van der Waals surface area contributed by atoms with Crippen molar-refractivity contribution in [1.82, 2.24) is 0 Å². The second-order valence-corrected chi connectivity index (χ2v) is 9.24. The fourth-order valence-electron chi connectivity index (χ4n) is 2.19. The molecule has 0 fully saturated rings. The molecule has 0 N–H and O–H groups in total. The highest BCUT2D eigenvalue weighted by molar-refractivity contribution is 6.36. The zero-order chi connectivity index (χ0) is 29.5. The van der Waals surface area contributed by atoms with Gasteiger partial charge >= 0.3 is 0 Å². The van der Waals surface area contributed by atoms with E-state index in [4.69, 9.17) is 83.8 Å². The lowest BCUT2D eigenvalue weighted by atomic mass is 10.3. The molecule has 0 saturated carbocycles. The van der Waals surface area contributed by atoms with Crippen molar-refractivity contribution in [3.63, 3.8) is 0 Å². The van der Waals surface area contributed by atoms with E-state index in [1.807, 2.05) is 0 Å². The van der Waals surface area contributed by atoms with Gasteiger partial charge in [0.05, 0.1) is 33.0 Å². The molecular weight excluding hydrogens is 672 g/mol. The lowest BCUT2D eigenvalue weighted by Gasteiger charge is -2.07. The molecule has 0 aliphatic carbocycles. The molecule has 0 spiro atoms. The summed E-state index contributed by atoms with van der Waals surface area (Å²) in [7, 11) is 0. The zero-order valence-electron chi connectivity index (χ0n) is 19.8. The van der Waals surface area contributed by atoms with E-state index < -0.39 is 37.7 Å². The molecule has 0 bridgehead atoms. The first-order valence-corrected chi connectivity index (χ1v) is 12.4. The monoisotopic (exact) mass is 684 g/mol. The lowest BCUT2D eigenvalue weighted by molar-refractivity contribution is -0.308. The third-order valence-corrected chi connectivity index (χ3v) is 5.31. The van der Waals surface area contributed by atoms with Crippen molar-refractivity contribution in [3.8, 4) is 17.2 Å². The Morgan fingerprint density at radius 1 is 0.500 bits per heavy atom. The molecule has 3 aromatic carbocycles. The summed E-state index contributed by atoms with van der Waals surface area (Å²) in [5.41, 5.74) is 0. The summed E-state index contributed by atoms with van der Waals surface area (Å²) in [5.74, 6) is -3.08. The van der Waals surface area contributed by atoms with Crippen LogP contribution in [-0.2, 0) is 14.4 Å². The summed E-state index contributed by atoms with van der Waals surface area (Å²) in [4.78, 5) is 30.1. The van der Waals surface area contributed by atoms with Crippen LogP contribution in [0.1, 0.15) is 0 Å². The predicted octanol–water partition coefficient (Wildman–Crippen LogP) is 2.99. The number of aliphatic carboxylic acids is 3. The first-order chi connectivity index (χ1) is 18.3. The van der Waals surface area contributed by atoms with E-state index >= 15 is 0 Å². The highest BCUT2D eigenvalue weighted by Crippen LogP contribution is 2.29. The van der Waals surface area contributed by atoms with Gasteiger partial charge in [0.2, 0.25) is 0 Å². The van der Waals surface area contributed by atoms with Gasteiger partial charge in [0.25, 0.3) is 0 Å². The summed E-state index contributed by atoms with van der Waals surface area (Å²) in [6.45, 7) is -1.58. The molecule has 0 unspecified atom stereocenters. The van der Waals surface area contributed by atoms with E-state index in [0.717, 1.165) is 0 Å². The molecule has 3 radical (unpaired) electrons. The van der Waals surface area contributed by atoms with Crippen LogP contribution >= 0.6 is 69.6 Å². The first-order valence-electron chi connectivity index (χ1n) is 10.1. The minimum atomic E-state index is -1.30. The van der Waals surface area contributed by atoms with E-state index in [1.165, 1.54) is 36.4 Å². The number of hydrogen-bond acceptors (Lipinski definition) is 9. The van der Waals surface area contributed by atoms with Crippen molar-refractivity contribution in [2.75, 3.05) is 19.8 Å². The number of carboxylic acid groups (broad SMARTS) is 3. The SMILES string of the molecule is O=C([O-])COc1ccc(Cl)cc1Cl.O=C([O-])COc1ccc(Cl)cc1Cl.O=C([O-])COc1ccc(Cl)cc1Cl.[Al]. The van der Waals surface area contributed by atoms with Crippen LogP contribution in [0.15, 0.2) is 54.6 Å². The number of benzene rings is 3. The summed E-state index contributed by atoms with van der Waals surface area (Å²) in [6.07, 6.45) is 0. The van der Waals surface area contributed by atoms with Crippen LogP contribution < -0.4 is 29.5 Å². The van der Waals surface area contributed by atoms with Gasteiger partial charge in [-0.05, 0) is 54.6 Å². The van der Waals surface area contributed by atoms with Gasteiger partial charge in [-0.1, -0.05) is 69.6 Å². The minimum absolute atomic E-state index is 0. The number of carbonyl (C=O) groups is 3. The molecule has 0 amide bonds. The Labute approximate surface area is 269 Å². The number of hydrogen-bond donors (Lipinski definition) is 0. The van der Waals surface area contributed by atoms with Crippen LogP contribution in [0.5, 0.6) is 17.2 Å². The van der Waals surface area contributed by atoms with E-state index in [0.29, 0.717) is 15.1 Å². The second kappa shape index (κ2) is 19.8. The van der Waals surface area contributed by atoms with Crippen molar-refractivity contribution in [3.05, 3.63) is 84.7 Å². The van der Waals surface area contributed by atoms with Crippen LogP contribution in [0.4, 0.5) is 0 Å². The third-order valence-electron chi connectivity index (χ3n) is 3.72. The van der Waals surface area contributed by atoms with Gasteiger partial charge in [-0.25, -0.2) is 0 Å².